The molecule has 0 spiro atoms. The number of ether oxygens (including phenoxy) is 2. The molecule has 1 heterocycles. The molecule has 1 aromatic rings. The van der Waals surface area contributed by atoms with E-state index in [0.717, 1.165) is 34.4 Å². The van der Waals surface area contributed by atoms with Gasteiger partial charge in [-0.1, -0.05) is 42.6 Å². The van der Waals surface area contributed by atoms with Gasteiger partial charge in [-0.05, 0) is 23.6 Å². The molecular formula is C14H20BrNO2. The summed E-state index contributed by atoms with van der Waals surface area (Å²) in [7, 11) is 0. The highest BCUT2D eigenvalue weighted by molar-refractivity contribution is 9.10. The van der Waals surface area contributed by atoms with Crippen LogP contribution in [0.5, 0.6) is 11.5 Å². The number of nitrogens with two attached hydrogens (primary N) is 1. The Morgan fingerprint density at radius 2 is 1.72 bits per heavy atom. The monoisotopic (exact) mass is 313 g/mol. The summed E-state index contributed by atoms with van der Waals surface area (Å²) in [5.41, 5.74) is 7.47. The molecule has 0 aliphatic carbocycles. The molecular weight excluding hydrogens is 294 g/mol. The predicted octanol–water partition coefficient (Wildman–Crippen LogP) is 3.66. The van der Waals surface area contributed by atoms with Gasteiger partial charge in [0.15, 0.2) is 11.5 Å². The van der Waals surface area contributed by atoms with E-state index >= 15 is 0 Å². The summed E-state index contributed by atoms with van der Waals surface area (Å²) < 4.78 is 12.2. The first-order chi connectivity index (χ1) is 8.67. The van der Waals surface area contributed by atoms with Crippen molar-refractivity contribution in [2.45, 2.75) is 32.7 Å². The van der Waals surface area contributed by atoms with Crippen LogP contribution >= 0.6 is 15.9 Å². The van der Waals surface area contributed by atoms with Crippen molar-refractivity contribution in [2.75, 3.05) is 13.2 Å². The second-order valence-electron chi connectivity index (χ2n) is 4.62. The van der Waals surface area contributed by atoms with E-state index in [1.165, 1.54) is 0 Å². The summed E-state index contributed by atoms with van der Waals surface area (Å²) in [5, 5.41) is 0. The molecule has 1 atom stereocenters. The number of rotatable bonds is 4. The van der Waals surface area contributed by atoms with Crippen molar-refractivity contribution in [3.8, 4) is 11.5 Å². The average molecular weight is 314 g/mol. The molecule has 100 valence electrons. The fourth-order valence-corrected chi connectivity index (χ4v) is 2.97. The van der Waals surface area contributed by atoms with Crippen LogP contribution in [-0.2, 0) is 0 Å². The zero-order valence-electron chi connectivity index (χ0n) is 10.9. The summed E-state index contributed by atoms with van der Waals surface area (Å²) in [5.74, 6) is 2.10. The molecule has 1 aliphatic rings. The molecule has 0 saturated heterocycles. The van der Waals surface area contributed by atoms with E-state index in [0.29, 0.717) is 19.1 Å². The van der Waals surface area contributed by atoms with Gasteiger partial charge in [0, 0.05) is 10.5 Å². The summed E-state index contributed by atoms with van der Waals surface area (Å²) in [6.07, 6.45) is 2.16. The first-order valence-electron chi connectivity index (χ1n) is 6.52. The molecule has 1 unspecified atom stereocenters. The van der Waals surface area contributed by atoms with Crippen LogP contribution in [0.25, 0.3) is 0 Å². The normalized spacial score (nSPS) is 15.8. The second-order valence-corrected chi connectivity index (χ2v) is 5.47. The van der Waals surface area contributed by atoms with Crippen LogP contribution in [0.1, 0.15) is 38.3 Å². The van der Waals surface area contributed by atoms with E-state index in [4.69, 9.17) is 15.2 Å². The lowest BCUT2D eigenvalue weighted by molar-refractivity contribution is 0.171. The zero-order valence-corrected chi connectivity index (χ0v) is 12.5. The average Bonchev–Trinajstić information content (AvgIpc) is 2.39. The van der Waals surface area contributed by atoms with Crippen LogP contribution in [0.4, 0.5) is 0 Å². The second kappa shape index (κ2) is 5.93. The van der Waals surface area contributed by atoms with E-state index in [1.807, 2.05) is 12.1 Å². The number of fused-ring (bicyclic) bond motifs is 1. The van der Waals surface area contributed by atoms with E-state index in [1.54, 1.807) is 0 Å². The molecule has 2 N–H and O–H groups in total. The molecule has 0 fully saturated rings. The highest BCUT2D eigenvalue weighted by Gasteiger charge is 2.22. The Bertz CT molecular complexity index is 419. The van der Waals surface area contributed by atoms with Crippen molar-refractivity contribution >= 4 is 15.9 Å². The number of hydrogen-bond donors (Lipinski definition) is 1. The Morgan fingerprint density at radius 3 is 2.28 bits per heavy atom. The van der Waals surface area contributed by atoms with Crippen LogP contribution in [0.2, 0.25) is 0 Å². The fourth-order valence-electron chi connectivity index (χ4n) is 2.39. The van der Waals surface area contributed by atoms with Crippen molar-refractivity contribution in [1.29, 1.82) is 0 Å². The van der Waals surface area contributed by atoms with Gasteiger partial charge in [-0.15, -0.1) is 0 Å². The minimum atomic E-state index is 0.0326. The van der Waals surface area contributed by atoms with Gasteiger partial charge in [0.25, 0.3) is 0 Å². The van der Waals surface area contributed by atoms with Gasteiger partial charge in [0.1, 0.15) is 13.2 Å². The molecule has 1 aliphatic heterocycles. The quantitative estimate of drug-likeness (QED) is 0.922. The fraction of sp³-hybridized carbons (Fsp3) is 0.571. The first kappa shape index (κ1) is 13.7. The number of hydrogen-bond acceptors (Lipinski definition) is 3. The summed E-state index contributed by atoms with van der Waals surface area (Å²) >= 11 is 3.59. The lowest BCUT2D eigenvalue weighted by Crippen LogP contribution is -2.22. The summed E-state index contributed by atoms with van der Waals surface area (Å²) in [4.78, 5) is 0. The van der Waals surface area contributed by atoms with E-state index in [9.17, 15) is 0 Å². The highest BCUT2D eigenvalue weighted by atomic mass is 79.9. The Labute approximate surface area is 117 Å². The first-order valence-corrected chi connectivity index (χ1v) is 7.31. The van der Waals surface area contributed by atoms with E-state index in [2.05, 4.69) is 29.8 Å². The summed E-state index contributed by atoms with van der Waals surface area (Å²) in [6, 6.07) is 4.01. The topological polar surface area (TPSA) is 44.5 Å². The lowest BCUT2D eigenvalue weighted by Gasteiger charge is -2.25. The number of benzene rings is 1. The van der Waals surface area contributed by atoms with Gasteiger partial charge in [-0.3, -0.25) is 0 Å². The Kier molecular flexibility index (Phi) is 4.51. The Morgan fingerprint density at radius 1 is 1.17 bits per heavy atom. The molecule has 0 amide bonds. The molecule has 0 bridgehead atoms. The molecule has 0 radical (unpaired) electrons. The highest BCUT2D eigenvalue weighted by Crippen LogP contribution is 2.39. The predicted molar refractivity (Wildman–Crippen MR) is 76.1 cm³/mol. The van der Waals surface area contributed by atoms with Crippen molar-refractivity contribution < 1.29 is 9.47 Å². The Hall–Kier alpha value is -0.740. The minimum Gasteiger partial charge on any atom is -0.486 e. The molecule has 18 heavy (non-hydrogen) atoms. The standard InChI is InChI=1S/C14H20BrNO2/c1-3-9(4-2)14(16)10-7-12-13(8-11(10)15)18-6-5-17-12/h7-9,14H,3-6,16H2,1-2H3. The SMILES string of the molecule is CCC(CC)C(N)c1cc2c(cc1Br)OCCO2. The van der Waals surface area contributed by atoms with Crippen LogP contribution in [-0.4, -0.2) is 13.2 Å². The minimum absolute atomic E-state index is 0.0326. The maximum absolute atomic E-state index is 6.37. The van der Waals surface area contributed by atoms with Gasteiger partial charge in [0.2, 0.25) is 0 Å². The zero-order chi connectivity index (χ0) is 13.1. The smallest absolute Gasteiger partial charge is 0.162 e. The van der Waals surface area contributed by atoms with E-state index < -0.39 is 0 Å². The lowest BCUT2D eigenvalue weighted by atomic mass is 9.89. The van der Waals surface area contributed by atoms with Crippen molar-refractivity contribution in [3.63, 3.8) is 0 Å². The van der Waals surface area contributed by atoms with Crippen molar-refractivity contribution in [3.05, 3.63) is 22.2 Å². The molecule has 3 nitrogen and oxygen atoms in total. The molecule has 0 aromatic heterocycles. The molecule has 0 saturated carbocycles. The van der Waals surface area contributed by atoms with Gasteiger partial charge in [-0.25, -0.2) is 0 Å². The maximum Gasteiger partial charge on any atom is 0.162 e. The van der Waals surface area contributed by atoms with Crippen LogP contribution in [0, 0.1) is 5.92 Å². The molecule has 4 heteroatoms. The van der Waals surface area contributed by atoms with Gasteiger partial charge < -0.3 is 15.2 Å². The third-order valence-corrected chi connectivity index (χ3v) is 4.26. The summed E-state index contributed by atoms with van der Waals surface area (Å²) in [6.45, 7) is 5.57. The van der Waals surface area contributed by atoms with Crippen LogP contribution < -0.4 is 15.2 Å². The van der Waals surface area contributed by atoms with Crippen molar-refractivity contribution in [1.82, 2.24) is 0 Å². The van der Waals surface area contributed by atoms with Crippen LogP contribution in [0.15, 0.2) is 16.6 Å². The third kappa shape index (κ3) is 2.64. The maximum atomic E-state index is 6.37. The van der Waals surface area contributed by atoms with Gasteiger partial charge in [0.05, 0.1) is 0 Å². The number of halogens is 1. The largest absolute Gasteiger partial charge is 0.486 e. The van der Waals surface area contributed by atoms with Crippen LogP contribution in [0.3, 0.4) is 0 Å². The van der Waals surface area contributed by atoms with E-state index in [-0.39, 0.29) is 6.04 Å². The molecule has 1 aromatic carbocycles. The Balaban J connectivity index is 2.32. The van der Waals surface area contributed by atoms with Gasteiger partial charge in [-0.2, -0.15) is 0 Å². The molecule has 2 rings (SSSR count). The van der Waals surface area contributed by atoms with Crippen molar-refractivity contribution in [2.24, 2.45) is 11.7 Å². The third-order valence-electron chi connectivity index (χ3n) is 3.58. The van der Waals surface area contributed by atoms with Gasteiger partial charge >= 0.3 is 0 Å².